The van der Waals surface area contributed by atoms with Crippen LogP contribution in [0.1, 0.15) is 0 Å². The summed E-state index contributed by atoms with van der Waals surface area (Å²) in [6.45, 7) is -0.0696. The van der Waals surface area contributed by atoms with Gasteiger partial charge in [-0.25, -0.2) is 0 Å². The van der Waals surface area contributed by atoms with Crippen LogP contribution >= 0.6 is 0 Å². The third kappa shape index (κ3) is 2.13. The maximum absolute atomic E-state index is 11.3. The van der Waals surface area contributed by atoms with Crippen LogP contribution in [0.4, 0.5) is 0 Å². The van der Waals surface area contributed by atoms with Crippen molar-refractivity contribution in [2.24, 2.45) is 0 Å². The van der Waals surface area contributed by atoms with Gasteiger partial charge in [0.1, 0.15) is 5.52 Å². The number of oxazole rings is 1. The minimum atomic E-state index is -0.137. The van der Waals surface area contributed by atoms with Gasteiger partial charge in [-0.15, -0.1) is 0 Å². The highest BCUT2D eigenvalue weighted by atomic mass is 16.6. The Morgan fingerprint density at radius 2 is 2.19 bits per heavy atom. The standard InChI is InChI=1S/C11H12N2O3/c1-13(2)10(14)7-15-11-12-8-5-3-4-6-9(8)16-11/h3-6H,7H2,1-2H3. The highest BCUT2D eigenvalue weighted by Gasteiger charge is 2.09. The summed E-state index contributed by atoms with van der Waals surface area (Å²) >= 11 is 0. The minimum Gasteiger partial charge on any atom is -0.440 e. The zero-order chi connectivity index (χ0) is 11.5. The Balaban J connectivity index is 2.07. The van der Waals surface area contributed by atoms with Crippen molar-refractivity contribution >= 4 is 17.0 Å². The van der Waals surface area contributed by atoms with Crippen molar-refractivity contribution < 1.29 is 13.9 Å². The van der Waals surface area contributed by atoms with Gasteiger partial charge in [-0.2, -0.15) is 4.98 Å². The Bertz CT molecular complexity index is 472. The van der Waals surface area contributed by atoms with Crippen LogP contribution in [0, 0.1) is 0 Å². The highest BCUT2D eigenvalue weighted by Crippen LogP contribution is 2.19. The summed E-state index contributed by atoms with van der Waals surface area (Å²) in [6, 6.07) is 7.32. The third-order valence-electron chi connectivity index (χ3n) is 2.09. The Hall–Kier alpha value is -2.04. The molecular formula is C11H12N2O3. The van der Waals surface area contributed by atoms with E-state index in [1.54, 1.807) is 20.2 Å². The van der Waals surface area contributed by atoms with Crippen molar-refractivity contribution in [2.75, 3.05) is 20.7 Å². The van der Waals surface area contributed by atoms with E-state index in [1.165, 1.54) is 4.90 Å². The van der Waals surface area contributed by atoms with E-state index in [4.69, 9.17) is 9.15 Å². The van der Waals surface area contributed by atoms with Crippen molar-refractivity contribution in [3.05, 3.63) is 24.3 Å². The Morgan fingerprint density at radius 1 is 1.44 bits per heavy atom. The van der Waals surface area contributed by atoms with E-state index in [-0.39, 0.29) is 18.6 Å². The second-order valence-corrected chi connectivity index (χ2v) is 3.52. The fourth-order valence-corrected chi connectivity index (χ4v) is 1.17. The van der Waals surface area contributed by atoms with E-state index in [2.05, 4.69) is 4.98 Å². The van der Waals surface area contributed by atoms with Crippen LogP contribution in [0.15, 0.2) is 28.7 Å². The highest BCUT2D eigenvalue weighted by molar-refractivity contribution is 5.77. The number of fused-ring (bicyclic) bond motifs is 1. The molecule has 5 heteroatoms. The lowest BCUT2D eigenvalue weighted by atomic mass is 10.3. The predicted octanol–water partition coefficient (Wildman–Crippen LogP) is 1.29. The van der Waals surface area contributed by atoms with Gasteiger partial charge in [-0.1, -0.05) is 12.1 Å². The average Bonchev–Trinajstić information content (AvgIpc) is 2.68. The van der Waals surface area contributed by atoms with Crippen LogP contribution in [0.3, 0.4) is 0 Å². The Kier molecular flexibility index (Phi) is 2.76. The summed E-state index contributed by atoms with van der Waals surface area (Å²) in [5.74, 6) is -0.137. The molecule has 0 aliphatic carbocycles. The Morgan fingerprint density at radius 3 is 2.88 bits per heavy atom. The summed E-state index contributed by atoms with van der Waals surface area (Å²) in [5, 5.41) is 0. The molecule has 0 saturated carbocycles. The molecule has 16 heavy (non-hydrogen) atoms. The van der Waals surface area contributed by atoms with Gasteiger partial charge in [0.2, 0.25) is 0 Å². The van der Waals surface area contributed by atoms with Crippen molar-refractivity contribution in [3.63, 3.8) is 0 Å². The molecule has 2 rings (SSSR count). The van der Waals surface area contributed by atoms with Gasteiger partial charge in [0, 0.05) is 14.1 Å². The lowest BCUT2D eigenvalue weighted by molar-refractivity contribution is -0.131. The maximum atomic E-state index is 11.3. The number of carbonyl (C=O) groups excluding carboxylic acids is 1. The zero-order valence-electron chi connectivity index (χ0n) is 9.14. The van der Waals surface area contributed by atoms with Gasteiger partial charge in [-0.3, -0.25) is 4.79 Å². The number of hydrogen-bond acceptors (Lipinski definition) is 4. The van der Waals surface area contributed by atoms with Gasteiger partial charge in [0.05, 0.1) is 0 Å². The van der Waals surface area contributed by atoms with Crippen LogP contribution in [0.25, 0.3) is 11.1 Å². The molecule has 0 radical (unpaired) electrons. The molecule has 1 heterocycles. The van der Waals surface area contributed by atoms with Crippen LogP contribution in [0.5, 0.6) is 6.08 Å². The molecule has 5 nitrogen and oxygen atoms in total. The van der Waals surface area contributed by atoms with Gasteiger partial charge in [-0.05, 0) is 12.1 Å². The quantitative estimate of drug-likeness (QED) is 0.782. The number of para-hydroxylation sites is 2. The number of hydrogen-bond donors (Lipinski definition) is 0. The average molecular weight is 220 g/mol. The van der Waals surface area contributed by atoms with Gasteiger partial charge in [0.25, 0.3) is 5.91 Å². The van der Waals surface area contributed by atoms with E-state index in [0.29, 0.717) is 5.58 Å². The number of benzene rings is 1. The minimum absolute atomic E-state index is 0.0696. The Labute approximate surface area is 92.6 Å². The van der Waals surface area contributed by atoms with E-state index >= 15 is 0 Å². The summed E-state index contributed by atoms with van der Waals surface area (Å²) in [4.78, 5) is 16.8. The molecule has 0 unspecified atom stereocenters. The monoisotopic (exact) mass is 220 g/mol. The van der Waals surface area contributed by atoms with Crippen molar-refractivity contribution in [1.82, 2.24) is 9.88 Å². The second-order valence-electron chi connectivity index (χ2n) is 3.52. The van der Waals surface area contributed by atoms with E-state index in [1.807, 2.05) is 18.2 Å². The first-order chi connectivity index (χ1) is 7.66. The lowest BCUT2D eigenvalue weighted by Crippen LogP contribution is -2.27. The first-order valence-electron chi connectivity index (χ1n) is 4.85. The summed E-state index contributed by atoms with van der Waals surface area (Å²) in [5.41, 5.74) is 1.37. The fourth-order valence-electron chi connectivity index (χ4n) is 1.17. The molecule has 0 atom stereocenters. The molecule has 0 aliphatic heterocycles. The summed E-state index contributed by atoms with van der Waals surface area (Å²) in [6.07, 6.45) is 0.122. The van der Waals surface area contributed by atoms with Crippen LogP contribution < -0.4 is 4.74 Å². The molecule has 0 spiro atoms. The van der Waals surface area contributed by atoms with Crippen LogP contribution in [0.2, 0.25) is 0 Å². The molecule has 0 bridgehead atoms. The predicted molar refractivity (Wildman–Crippen MR) is 58.2 cm³/mol. The first kappa shape index (κ1) is 10.5. The molecule has 0 N–H and O–H groups in total. The zero-order valence-corrected chi connectivity index (χ0v) is 9.14. The van der Waals surface area contributed by atoms with E-state index < -0.39 is 0 Å². The molecule has 0 aliphatic rings. The molecule has 2 aromatic rings. The summed E-state index contributed by atoms with van der Waals surface area (Å²) < 4.78 is 10.4. The molecule has 1 aromatic carbocycles. The number of carbonyl (C=O) groups is 1. The summed E-state index contributed by atoms with van der Waals surface area (Å²) in [7, 11) is 3.33. The topological polar surface area (TPSA) is 55.6 Å². The molecule has 0 fully saturated rings. The molecule has 0 saturated heterocycles. The van der Waals surface area contributed by atoms with Gasteiger partial charge < -0.3 is 14.1 Å². The maximum Gasteiger partial charge on any atom is 0.395 e. The number of nitrogens with zero attached hydrogens (tertiary/aromatic N) is 2. The molecular weight excluding hydrogens is 208 g/mol. The van der Waals surface area contributed by atoms with Gasteiger partial charge >= 0.3 is 6.08 Å². The normalized spacial score (nSPS) is 10.4. The number of amides is 1. The van der Waals surface area contributed by atoms with Crippen LogP contribution in [-0.2, 0) is 4.79 Å². The third-order valence-corrected chi connectivity index (χ3v) is 2.09. The van der Waals surface area contributed by atoms with Crippen molar-refractivity contribution in [2.45, 2.75) is 0 Å². The van der Waals surface area contributed by atoms with Crippen molar-refractivity contribution in [1.29, 1.82) is 0 Å². The smallest absolute Gasteiger partial charge is 0.395 e. The number of ether oxygens (including phenoxy) is 1. The lowest BCUT2D eigenvalue weighted by Gasteiger charge is -2.08. The fraction of sp³-hybridized carbons (Fsp3) is 0.273. The largest absolute Gasteiger partial charge is 0.440 e. The number of likely N-dealkylation sites (N-methyl/N-ethyl adjacent to an activating group) is 1. The van der Waals surface area contributed by atoms with E-state index in [9.17, 15) is 4.79 Å². The molecule has 1 aromatic heterocycles. The molecule has 1 amide bonds. The SMILES string of the molecule is CN(C)C(=O)COc1nc2ccccc2o1. The molecule has 84 valence electrons. The van der Waals surface area contributed by atoms with E-state index in [0.717, 1.165) is 5.52 Å². The van der Waals surface area contributed by atoms with Crippen molar-refractivity contribution in [3.8, 4) is 6.08 Å². The first-order valence-corrected chi connectivity index (χ1v) is 4.85. The number of aromatic nitrogens is 1. The van der Waals surface area contributed by atoms with Crippen LogP contribution in [-0.4, -0.2) is 36.5 Å². The second kappa shape index (κ2) is 4.22. The van der Waals surface area contributed by atoms with Gasteiger partial charge in [0.15, 0.2) is 12.2 Å². The number of rotatable bonds is 3.